The van der Waals surface area contributed by atoms with Gasteiger partial charge in [-0.05, 0) is 48.4 Å². The average molecular weight is 450 g/mol. The van der Waals surface area contributed by atoms with Crippen LogP contribution in [-0.2, 0) is 22.6 Å². The maximum Gasteiger partial charge on any atom is 0.278 e. The van der Waals surface area contributed by atoms with E-state index in [9.17, 15) is 14.4 Å². The molecule has 4 rings (SSSR count). The maximum atomic E-state index is 12.8. The molecule has 0 atom stereocenters. The van der Waals surface area contributed by atoms with Crippen molar-refractivity contribution >= 4 is 35.0 Å². The van der Waals surface area contributed by atoms with Crippen LogP contribution in [0.15, 0.2) is 88.1 Å². The summed E-state index contributed by atoms with van der Waals surface area (Å²) in [5.74, 6) is -0.607. The van der Waals surface area contributed by atoms with Crippen LogP contribution in [0.25, 0.3) is 0 Å². The Morgan fingerprint density at radius 1 is 0.938 bits per heavy atom. The molecule has 32 heavy (non-hydrogen) atoms. The fraction of sp³-hybridized carbons (Fsp3) is 0.125. The first-order valence-electron chi connectivity index (χ1n) is 10.0. The number of benzene rings is 2. The molecule has 1 aromatic heterocycles. The number of halogens is 1. The molecule has 1 aliphatic rings. The molecule has 0 bridgehead atoms. The molecule has 0 radical (unpaired) electrons. The summed E-state index contributed by atoms with van der Waals surface area (Å²) in [7, 11) is 0. The molecule has 0 spiro atoms. The van der Waals surface area contributed by atoms with Crippen LogP contribution in [0.1, 0.15) is 21.7 Å². The van der Waals surface area contributed by atoms with Crippen LogP contribution in [0.4, 0.5) is 5.69 Å². The minimum atomic E-state index is -0.524. The third-order valence-electron chi connectivity index (χ3n) is 5.00. The Hall–Kier alpha value is -3.84. The zero-order valence-corrected chi connectivity index (χ0v) is 17.8. The zero-order valence-electron chi connectivity index (χ0n) is 17.0. The average Bonchev–Trinajstić information content (AvgIpc) is 3.41. The monoisotopic (exact) mass is 449 g/mol. The lowest BCUT2D eigenvalue weighted by atomic mass is 10.1. The predicted molar refractivity (Wildman–Crippen MR) is 120 cm³/mol. The SMILES string of the molecule is O=C(NCc1ccco1)c1ccc(NC2=C(Cl)C(=O)N(CCc3ccccc3)C2=O)cc1. The first-order valence-corrected chi connectivity index (χ1v) is 10.4. The molecule has 3 amide bonds. The molecule has 2 N–H and O–H groups in total. The van der Waals surface area contributed by atoms with Gasteiger partial charge in [-0.2, -0.15) is 0 Å². The molecule has 7 nitrogen and oxygen atoms in total. The van der Waals surface area contributed by atoms with Crippen molar-refractivity contribution in [3.05, 3.63) is 101 Å². The Labute approximate surface area is 189 Å². The second-order valence-electron chi connectivity index (χ2n) is 7.15. The van der Waals surface area contributed by atoms with Crippen LogP contribution in [-0.4, -0.2) is 29.2 Å². The minimum Gasteiger partial charge on any atom is -0.467 e. The molecular formula is C24H20ClN3O4. The summed E-state index contributed by atoms with van der Waals surface area (Å²) >= 11 is 6.15. The van der Waals surface area contributed by atoms with E-state index in [0.717, 1.165) is 10.5 Å². The Bertz CT molecular complexity index is 1160. The van der Waals surface area contributed by atoms with Gasteiger partial charge < -0.3 is 15.1 Å². The number of hydrogen-bond donors (Lipinski definition) is 2. The van der Waals surface area contributed by atoms with E-state index in [-0.39, 0.29) is 29.7 Å². The fourth-order valence-electron chi connectivity index (χ4n) is 3.28. The van der Waals surface area contributed by atoms with Gasteiger partial charge in [0.2, 0.25) is 0 Å². The standard InChI is InChI=1S/C24H20ClN3O4/c25-20-21(24(31)28(23(20)30)13-12-16-5-2-1-3-6-16)27-18-10-8-17(9-11-18)22(29)26-15-19-7-4-14-32-19/h1-11,14,27H,12-13,15H2,(H,26,29). The number of rotatable bonds is 8. The maximum absolute atomic E-state index is 12.8. The summed E-state index contributed by atoms with van der Waals surface area (Å²) in [6, 6.07) is 19.6. The van der Waals surface area contributed by atoms with E-state index < -0.39 is 11.8 Å². The molecule has 3 aromatic rings. The highest BCUT2D eigenvalue weighted by Gasteiger charge is 2.37. The number of hydrogen-bond acceptors (Lipinski definition) is 5. The lowest BCUT2D eigenvalue weighted by molar-refractivity contribution is -0.137. The highest BCUT2D eigenvalue weighted by atomic mass is 35.5. The number of nitrogens with zero attached hydrogens (tertiary/aromatic N) is 1. The molecule has 0 saturated carbocycles. The van der Waals surface area contributed by atoms with E-state index in [1.54, 1.807) is 42.7 Å². The van der Waals surface area contributed by atoms with Crippen LogP contribution in [0.3, 0.4) is 0 Å². The summed E-state index contributed by atoms with van der Waals surface area (Å²) in [4.78, 5) is 38.6. The third-order valence-corrected chi connectivity index (χ3v) is 5.35. The van der Waals surface area contributed by atoms with Gasteiger partial charge in [0.25, 0.3) is 17.7 Å². The molecule has 0 aliphatic carbocycles. The van der Waals surface area contributed by atoms with Crippen molar-refractivity contribution in [3.63, 3.8) is 0 Å². The van der Waals surface area contributed by atoms with Crippen LogP contribution in [0, 0.1) is 0 Å². The normalized spacial score (nSPS) is 13.6. The van der Waals surface area contributed by atoms with Crippen LogP contribution >= 0.6 is 11.6 Å². The Morgan fingerprint density at radius 3 is 2.38 bits per heavy atom. The Kier molecular flexibility index (Phi) is 6.37. The molecule has 0 unspecified atom stereocenters. The smallest absolute Gasteiger partial charge is 0.278 e. The van der Waals surface area contributed by atoms with E-state index in [1.165, 1.54) is 0 Å². The quantitative estimate of drug-likeness (QED) is 0.512. The number of furan rings is 1. The fourth-order valence-corrected chi connectivity index (χ4v) is 3.51. The van der Waals surface area contributed by atoms with E-state index in [2.05, 4.69) is 10.6 Å². The van der Waals surface area contributed by atoms with Crippen molar-refractivity contribution in [2.45, 2.75) is 13.0 Å². The Morgan fingerprint density at radius 2 is 1.69 bits per heavy atom. The molecule has 2 heterocycles. The summed E-state index contributed by atoms with van der Waals surface area (Å²) in [5, 5.41) is 5.52. The lowest BCUT2D eigenvalue weighted by Crippen LogP contribution is -2.34. The summed E-state index contributed by atoms with van der Waals surface area (Å²) in [6.45, 7) is 0.515. The number of carbonyl (C=O) groups is 3. The predicted octanol–water partition coefficient (Wildman–Crippen LogP) is 3.68. The van der Waals surface area contributed by atoms with Crippen molar-refractivity contribution < 1.29 is 18.8 Å². The first kappa shape index (κ1) is 21.4. The number of amides is 3. The highest BCUT2D eigenvalue weighted by Crippen LogP contribution is 2.26. The minimum absolute atomic E-state index is 0.0275. The van der Waals surface area contributed by atoms with E-state index >= 15 is 0 Å². The lowest BCUT2D eigenvalue weighted by Gasteiger charge is -2.15. The Balaban J connectivity index is 1.37. The van der Waals surface area contributed by atoms with Gasteiger partial charge in [0.1, 0.15) is 16.5 Å². The molecule has 2 aromatic carbocycles. The second-order valence-corrected chi connectivity index (χ2v) is 7.53. The topological polar surface area (TPSA) is 91.7 Å². The molecular weight excluding hydrogens is 430 g/mol. The first-order chi connectivity index (χ1) is 15.5. The van der Waals surface area contributed by atoms with Gasteiger partial charge in [-0.3, -0.25) is 19.3 Å². The summed E-state index contributed by atoms with van der Waals surface area (Å²) < 4.78 is 5.19. The molecule has 1 aliphatic heterocycles. The molecule has 162 valence electrons. The second kappa shape index (κ2) is 9.53. The van der Waals surface area contributed by atoms with Crippen molar-refractivity contribution in [1.82, 2.24) is 10.2 Å². The van der Waals surface area contributed by atoms with Gasteiger partial charge >= 0.3 is 0 Å². The van der Waals surface area contributed by atoms with Crippen LogP contribution in [0.2, 0.25) is 0 Å². The number of imide groups is 1. The largest absolute Gasteiger partial charge is 0.467 e. The van der Waals surface area contributed by atoms with Crippen molar-refractivity contribution in [2.75, 3.05) is 11.9 Å². The van der Waals surface area contributed by atoms with Crippen molar-refractivity contribution in [2.24, 2.45) is 0 Å². The van der Waals surface area contributed by atoms with Crippen LogP contribution < -0.4 is 10.6 Å². The molecule has 0 fully saturated rings. The number of anilines is 1. The third kappa shape index (κ3) is 4.73. The molecule has 8 heteroatoms. The molecule has 0 saturated heterocycles. The summed E-state index contributed by atoms with van der Waals surface area (Å²) in [5.41, 5.74) is 2.03. The number of nitrogens with one attached hydrogen (secondary N) is 2. The van der Waals surface area contributed by atoms with Gasteiger partial charge in [0.05, 0.1) is 12.8 Å². The van der Waals surface area contributed by atoms with Gasteiger partial charge in [0, 0.05) is 17.8 Å². The van der Waals surface area contributed by atoms with Gasteiger partial charge in [-0.25, -0.2) is 0 Å². The highest BCUT2D eigenvalue weighted by molar-refractivity contribution is 6.48. The van der Waals surface area contributed by atoms with E-state index in [4.69, 9.17) is 16.0 Å². The number of carbonyl (C=O) groups excluding carboxylic acids is 3. The van der Waals surface area contributed by atoms with Crippen LogP contribution in [0.5, 0.6) is 0 Å². The van der Waals surface area contributed by atoms with Crippen molar-refractivity contribution in [1.29, 1.82) is 0 Å². The summed E-state index contributed by atoms with van der Waals surface area (Å²) in [6.07, 6.45) is 2.08. The van der Waals surface area contributed by atoms with Crippen molar-refractivity contribution in [3.8, 4) is 0 Å². The van der Waals surface area contributed by atoms with Gasteiger partial charge in [0.15, 0.2) is 0 Å². The van der Waals surface area contributed by atoms with E-state index in [1.807, 2.05) is 30.3 Å². The zero-order chi connectivity index (χ0) is 22.5. The van der Waals surface area contributed by atoms with Gasteiger partial charge in [-0.1, -0.05) is 41.9 Å². The van der Waals surface area contributed by atoms with E-state index in [0.29, 0.717) is 23.4 Å². The van der Waals surface area contributed by atoms with Gasteiger partial charge in [-0.15, -0.1) is 0 Å².